The topological polar surface area (TPSA) is 67.8 Å². The summed E-state index contributed by atoms with van der Waals surface area (Å²) in [6.45, 7) is 6.22. The van der Waals surface area contributed by atoms with E-state index in [1.807, 2.05) is 38.1 Å². The van der Waals surface area contributed by atoms with E-state index in [9.17, 15) is 9.90 Å². The number of likely N-dealkylation sites (N-methyl/N-ethyl adjacent to an activating group) is 1. The smallest absolute Gasteiger partial charge is 0.325 e. The van der Waals surface area contributed by atoms with Crippen molar-refractivity contribution in [3.05, 3.63) is 29.8 Å². The van der Waals surface area contributed by atoms with Crippen LogP contribution in [0, 0.1) is 0 Å². The highest BCUT2D eigenvalue weighted by atomic mass is 16.5. The van der Waals surface area contributed by atoms with Gasteiger partial charge in [0, 0.05) is 12.0 Å². The molecule has 21 heavy (non-hydrogen) atoms. The zero-order valence-corrected chi connectivity index (χ0v) is 13.2. The lowest BCUT2D eigenvalue weighted by Gasteiger charge is -2.30. The van der Waals surface area contributed by atoms with Crippen molar-refractivity contribution in [2.24, 2.45) is 0 Å². The fourth-order valence-corrected chi connectivity index (χ4v) is 2.43. The SMILES string of the molecule is CCNC(C)(CC(C)Oc1ccccc1CO)C(=O)OC. The predicted octanol–water partition coefficient (Wildman–Crippen LogP) is 1.88. The van der Waals surface area contributed by atoms with Gasteiger partial charge in [-0.2, -0.15) is 0 Å². The molecule has 5 nitrogen and oxygen atoms in total. The summed E-state index contributed by atoms with van der Waals surface area (Å²) in [6.07, 6.45) is 0.258. The zero-order valence-electron chi connectivity index (χ0n) is 13.2. The van der Waals surface area contributed by atoms with Gasteiger partial charge in [-0.15, -0.1) is 0 Å². The summed E-state index contributed by atoms with van der Waals surface area (Å²) in [5.74, 6) is 0.325. The summed E-state index contributed by atoms with van der Waals surface area (Å²) in [6, 6.07) is 7.32. The van der Waals surface area contributed by atoms with E-state index in [1.54, 1.807) is 6.92 Å². The van der Waals surface area contributed by atoms with E-state index in [0.29, 0.717) is 18.7 Å². The Labute approximate surface area is 126 Å². The molecule has 0 aliphatic carbocycles. The second-order valence-electron chi connectivity index (χ2n) is 5.25. The monoisotopic (exact) mass is 295 g/mol. The van der Waals surface area contributed by atoms with Gasteiger partial charge in [-0.3, -0.25) is 4.79 Å². The fourth-order valence-electron chi connectivity index (χ4n) is 2.43. The lowest BCUT2D eigenvalue weighted by atomic mass is 9.94. The molecule has 2 unspecified atom stereocenters. The van der Waals surface area contributed by atoms with Crippen molar-refractivity contribution in [2.75, 3.05) is 13.7 Å². The van der Waals surface area contributed by atoms with Crippen molar-refractivity contribution in [2.45, 2.75) is 45.4 Å². The second-order valence-corrected chi connectivity index (χ2v) is 5.25. The number of aliphatic hydroxyl groups is 1. The number of benzene rings is 1. The third-order valence-corrected chi connectivity index (χ3v) is 3.37. The minimum atomic E-state index is -0.795. The highest BCUT2D eigenvalue weighted by Gasteiger charge is 2.35. The molecular formula is C16H25NO4. The third-order valence-electron chi connectivity index (χ3n) is 3.37. The molecule has 0 bridgehead atoms. The standard InChI is InChI=1S/C16H25NO4/c1-5-17-16(3,15(19)20-4)10-12(2)21-14-9-7-6-8-13(14)11-18/h6-9,12,17-18H,5,10-11H2,1-4H3. The highest BCUT2D eigenvalue weighted by molar-refractivity contribution is 5.80. The molecule has 0 fully saturated rings. The summed E-state index contributed by atoms with van der Waals surface area (Å²) in [7, 11) is 1.38. The Morgan fingerprint density at radius 1 is 1.43 bits per heavy atom. The highest BCUT2D eigenvalue weighted by Crippen LogP contribution is 2.23. The molecule has 2 N–H and O–H groups in total. The molecule has 0 radical (unpaired) electrons. The lowest BCUT2D eigenvalue weighted by molar-refractivity contribution is -0.149. The van der Waals surface area contributed by atoms with Crippen molar-refractivity contribution in [1.82, 2.24) is 5.32 Å². The molecule has 5 heteroatoms. The Balaban J connectivity index is 2.78. The van der Waals surface area contributed by atoms with E-state index in [2.05, 4.69) is 5.32 Å². The van der Waals surface area contributed by atoms with Crippen LogP contribution in [0.25, 0.3) is 0 Å². The van der Waals surface area contributed by atoms with E-state index >= 15 is 0 Å². The van der Waals surface area contributed by atoms with Gasteiger partial charge in [0.25, 0.3) is 0 Å². The van der Waals surface area contributed by atoms with Crippen LogP contribution in [0.1, 0.15) is 32.8 Å². The molecule has 118 valence electrons. The molecule has 1 rings (SSSR count). The summed E-state index contributed by atoms with van der Waals surface area (Å²) in [5, 5.41) is 12.5. The Morgan fingerprint density at radius 3 is 2.67 bits per heavy atom. The first-order chi connectivity index (χ1) is 9.96. The van der Waals surface area contributed by atoms with Gasteiger partial charge in [0.2, 0.25) is 0 Å². The second kappa shape index (κ2) is 8.00. The van der Waals surface area contributed by atoms with Crippen molar-refractivity contribution < 1.29 is 19.4 Å². The summed E-state index contributed by atoms with van der Waals surface area (Å²) >= 11 is 0. The average Bonchev–Trinajstić information content (AvgIpc) is 2.46. The maximum absolute atomic E-state index is 12.0. The van der Waals surface area contributed by atoms with Crippen LogP contribution in [0.15, 0.2) is 24.3 Å². The van der Waals surface area contributed by atoms with Crippen LogP contribution < -0.4 is 10.1 Å². The largest absolute Gasteiger partial charge is 0.490 e. The number of methoxy groups -OCH3 is 1. The molecular weight excluding hydrogens is 270 g/mol. The molecule has 1 aromatic carbocycles. The molecule has 0 spiro atoms. The Hall–Kier alpha value is -1.59. The van der Waals surface area contributed by atoms with Gasteiger partial charge >= 0.3 is 5.97 Å². The van der Waals surface area contributed by atoms with Crippen molar-refractivity contribution >= 4 is 5.97 Å². The summed E-state index contributed by atoms with van der Waals surface area (Å²) in [4.78, 5) is 12.0. The molecule has 0 saturated carbocycles. The average molecular weight is 295 g/mol. The molecule has 0 heterocycles. The Morgan fingerprint density at radius 2 is 2.10 bits per heavy atom. The van der Waals surface area contributed by atoms with Crippen LogP contribution in [-0.4, -0.2) is 36.4 Å². The van der Waals surface area contributed by atoms with Crippen molar-refractivity contribution in [3.63, 3.8) is 0 Å². The summed E-state index contributed by atoms with van der Waals surface area (Å²) < 4.78 is 10.7. The van der Waals surface area contributed by atoms with Crippen LogP contribution in [0.3, 0.4) is 0 Å². The van der Waals surface area contributed by atoms with Gasteiger partial charge in [0.1, 0.15) is 11.3 Å². The number of rotatable bonds is 8. The molecule has 2 atom stereocenters. The first-order valence-corrected chi connectivity index (χ1v) is 7.15. The third kappa shape index (κ3) is 4.72. The first kappa shape index (κ1) is 17.5. The number of aliphatic hydroxyl groups excluding tert-OH is 1. The summed E-state index contributed by atoms with van der Waals surface area (Å²) in [5.41, 5.74) is -0.0653. The number of hydrogen-bond donors (Lipinski definition) is 2. The van der Waals surface area contributed by atoms with Crippen LogP contribution in [0.2, 0.25) is 0 Å². The minimum absolute atomic E-state index is 0.0790. The van der Waals surface area contributed by atoms with Crippen LogP contribution in [0.5, 0.6) is 5.75 Å². The minimum Gasteiger partial charge on any atom is -0.490 e. The van der Waals surface area contributed by atoms with E-state index in [-0.39, 0.29) is 18.7 Å². The fraction of sp³-hybridized carbons (Fsp3) is 0.562. The molecule has 0 saturated heterocycles. The quantitative estimate of drug-likeness (QED) is 0.717. The number of carbonyl (C=O) groups is 1. The Kier molecular flexibility index (Phi) is 6.65. The van der Waals surface area contributed by atoms with Crippen LogP contribution in [-0.2, 0) is 16.1 Å². The number of esters is 1. The number of ether oxygens (including phenoxy) is 2. The van der Waals surface area contributed by atoms with Crippen molar-refractivity contribution in [1.29, 1.82) is 0 Å². The van der Waals surface area contributed by atoms with Gasteiger partial charge in [-0.05, 0) is 26.5 Å². The molecule has 0 aliphatic rings. The lowest BCUT2D eigenvalue weighted by Crippen LogP contribution is -2.52. The van der Waals surface area contributed by atoms with E-state index in [4.69, 9.17) is 9.47 Å². The van der Waals surface area contributed by atoms with Crippen LogP contribution >= 0.6 is 0 Å². The van der Waals surface area contributed by atoms with Crippen LogP contribution in [0.4, 0.5) is 0 Å². The van der Waals surface area contributed by atoms with E-state index < -0.39 is 5.54 Å². The predicted molar refractivity (Wildman–Crippen MR) is 81.2 cm³/mol. The number of carbonyl (C=O) groups excluding carboxylic acids is 1. The molecule has 1 aromatic rings. The van der Waals surface area contributed by atoms with E-state index in [1.165, 1.54) is 7.11 Å². The molecule has 0 amide bonds. The molecule has 0 aliphatic heterocycles. The van der Waals surface area contributed by atoms with Gasteiger partial charge in [-0.25, -0.2) is 0 Å². The maximum atomic E-state index is 12.0. The number of nitrogens with one attached hydrogen (secondary N) is 1. The van der Waals surface area contributed by atoms with Gasteiger partial charge in [0.05, 0.1) is 19.8 Å². The van der Waals surface area contributed by atoms with E-state index in [0.717, 1.165) is 5.56 Å². The van der Waals surface area contributed by atoms with Crippen molar-refractivity contribution in [3.8, 4) is 5.75 Å². The van der Waals surface area contributed by atoms with Gasteiger partial charge in [-0.1, -0.05) is 25.1 Å². The Bertz CT molecular complexity index is 463. The number of hydrogen-bond acceptors (Lipinski definition) is 5. The van der Waals surface area contributed by atoms with Gasteiger partial charge < -0.3 is 19.9 Å². The normalized spacial score (nSPS) is 15.1. The number of para-hydroxylation sites is 1. The maximum Gasteiger partial charge on any atom is 0.325 e. The zero-order chi connectivity index (χ0) is 15.9. The first-order valence-electron chi connectivity index (χ1n) is 7.15. The molecule has 0 aromatic heterocycles. The van der Waals surface area contributed by atoms with Gasteiger partial charge in [0.15, 0.2) is 0 Å².